The maximum Gasteiger partial charge on any atom is 0.349 e. The lowest BCUT2D eigenvalue weighted by atomic mass is 9.96. The number of aliphatic hydroxyl groups is 3. The Morgan fingerprint density at radius 1 is 0.402 bits per heavy atom. The van der Waals surface area contributed by atoms with Gasteiger partial charge in [-0.1, -0.05) is 181 Å². The molecule has 0 radical (unpaired) electrons. The van der Waals surface area contributed by atoms with Crippen LogP contribution >= 0.6 is 0 Å². The zero-order valence-electron chi connectivity index (χ0n) is 51.3. The first kappa shape index (κ1) is 77.7. The third-order valence-corrected chi connectivity index (χ3v) is 14.7. The number of carbonyl (C=O) groups excluding carboxylic acids is 6. The average molecular weight is 1170 g/mol. The van der Waals surface area contributed by atoms with E-state index in [4.69, 9.17) is 45.0 Å². The molecule has 0 heterocycles. The first-order valence-electron chi connectivity index (χ1n) is 32.3. The van der Waals surface area contributed by atoms with Gasteiger partial charge in [0.1, 0.15) is 44.0 Å². The Morgan fingerprint density at radius 3 is 1.21 bits per heavy atom. The van der Waals surface area contributed by atoms with E-state index in [0.717, 1.165) is 116 Å². The summed E-state index contributed by atoms with van der Waals surface area (Å²) >= 11 is 0. The lowest BCUT2D eigenvalue weighted by molar-refractivity contribution is -0.167. The van der Waals surface area contributed by atoms with Crippen molar-refractivity contribution in [2.45, 2.75) is 327 Å². The minimum atomic E-state index is -1.13. The van der Waals surface area contributed by atoms with Crippen molar-refractivity contribution in [1.29, 1.82) is 10.8 Å². The zero-order valence-corrected chi connectivity index (χ0v) is 51.3. The summed E-state index contributed by atoms with van der Waals surface area (Å²) in [5.74, 6) is -3.63. The molecule has 0 aromatic heterocycles. The molecule has 0 aromatic carbocycles. The highest BCUT2D eigenvalue weighted by Gasteiger charge is 2.32. The summed E-state index contributed by atoms with van der Waals surface area (Å²) in [5.41, 5.74) is 5.57. The van der Waals surface area contributed by atoms with Gasteiger partial charge in [-0.05, 0) is 90.0 Å². The van der Waals surface area contributed by atoms with Crippen molar-refractivity contribution < 1.29 is 72.5 Å². The molecule has 0 fully saturated rings. The first-order valence-corrected chi connectivity index (χ1v) is 32.3. The molecule has 0 saturated heterocycles. The summed E-state index contributed by atoms with van der Waals surface area (Å²) in [6, 6.07) is 0. The van der Waals surface area contributed by atoms with Crippen LogP contribution in [0.4, 0.5) is 0 Å². The van der Waals surface area contributed by atoms with E-state index in [1.54, 1.807) is 6.92 Å². The number of rotatable bonds is 59. The highest BCUT2D eigenvalue weighted by atomic mass is 16.6. The maximum absolute atomic E-state index is 13.0. The van der Waals surface area contributed by atoms with Crippen molar-refractivity contribution in [2.75, 3.05) is 19.8 Å². The van der Waals surface area contributed by atoms with Gasteiger partial charge in [0.05, 0.1) is 18.3 Å². The van der Waals surface area contributed by atoms with Gasteiger partial charge in [-0.15, -0.1) is 0 Å². The summed E-state index contributed by atoms with van der Waals surface area (Å²) < 4.78 is 33.0. The van der Waals surface area contributed by atoms with E-state index in [-0.39, 0.29) is 51.7 Å². The molecule has 476 valence electrons. The van der Waals surface area contributed by atoms with Gasteiger partial charge >= 0.3 is 35.8 Å². The Kier molecular flexibility index (Phi) is 53.0. The van der Waals surface area contributed by atoms with E-state index in [1.165, 1.54) is 44.9 Å². The number of aliphatic hydroxyl groups excluding tert-OH is 3. The summed E-state index contributed by atoms with van der Waals surface area (Å²) in [5, 5.41) is 47.2. The minimum Gasteiger partial charge on any atom is -0.462 e. The molecule has 0 rings (SSSR count). The lowest BCUT2D eigenvalue weighted by Gasteiger charge is -2.29. The second kappa shape index (κ2) is 55.9. The van der Waals surface area contributed by atoms with Crippen LogP contribution in [-0.4, -0.2) is 126 Å². The van der Waals surface area contributed by atoms with Crippen LogP contribution in [0.5, 0.6) is 0 Å². The van der Waals surface area contributed by atoms with Gasteiger partial charge in [0, 0.05) is 32.1 Å². The van der Waals surface area contributed by atoms with Crippen LogP contribution in [0.25, 0.3) is 0 Å². The van der Waals surface area contributed by atoms with Crippen molar-refractivity contribution in [3.05, 3.63) is 12.2 Å². The zero-order chi connectivity index (χ0) is 60.7. The van der Waals surface area contributed by atoms with E-state index < -0.39 is 78.5 Å². The maximum atomic E-state index is 13.0. The molecule has 0 spiro atoms. The molecule has 18 nitrogen and oxygen atoms in total. The quantitative estimate of drug-likeness (QED) is 0.0108. The summed E-state index contributed by atoms with van der Waals surface area (Å²) in [7, 11) is 0. The molecule has 7 atom stereocenters. The van der Waals surface area contributed by atoms with E-state index >= 15 is 0 Å². The molecule has 0 bridgehead atoms. The normalized spacial score (nSPS) is 14.0. The van der Waals surface area contributed by atoms with Gasteiger partial charge in [0.2, 0.25) is 0 Å². The molecule has 7 unspecified atom stereocenters. The topological polar surface area (TPSA) is 292 Å². The molecule has 0 aliphatic heterocycles. The summed E-state index contributed by atoms with van der Waals surface area (Å²) in [4.78, 5) is 74.9. The van der Waals surface area contributed by atoms with Crippen LogP contribution in [0.15, 0.2) is 12.2 Å². The predicted octanol–water partition coefficient (Wildman–Crippen LogP) is 12.7. The number of hydrogen-bond acceptors (Lipinski definition) is 18. The fraction of sp³-hybridized carbons (Fsp3) is 0.844. The van der Waals surface area contributed by atoms with Crippen LogP contribution < -0.4 is 5.73 Å². The number of unbranched alkanes of at least 4 members (excludes halogenated alkanes) is 26. The van der Waals surface area contributed by atoms with E-state index in [0.29, 0.717) is 83.1 Å². The Bertz CT molecular complexity index is 1670. The molecule has 82 heavy (non-hydrogen) atoms. The number of nitrogens with two attached hydrogens (primary N) is 1. The molecule has 0 amide bonds. The SMILES string of the molecule is CCCCCCCCC(O)C(CCCCCCCC(=O)OCC(COC(=O)CCCCCCCC(O)C(CC(OC(=O)CC)C(O)CCCCC)OC(=O)C=N)OC(=O)CCCCCCC/C=C\CCCCCCCCN)OC(=O)C=N. The highest BCUT2D eigenvalue weighted by molar-refractivity contribution is 6.22. The third kappa shape index (κ3) is 47.1. The van der Waals surface area contributed by atoms with Gasteiger partial charge in [0.15, 0.2) is 6.10 Å². The summed E-state index contributed by atoms with van der Waals surface area (Å²) in [6.45, 7) is 6.09. The van der Waals surface area contributed by atoms with Crippen molar-refractivity contribution in [3.63, 3.8) is 0 Å². The number of allylic oxidation sites excluding steroid dienone is 2. The van der Waals surface area contributed by atoms with Crippen LogP contribution in [-0.2, 0) is 57.2 Å². The largest absolute Gasteiger partial charge is 0.462 e. The fourth-order valence-corrected chi connectivity index (χ4v) is 9.63. The molecule has 7 N–H and O–H groups in total. The standard InChI is InChI=1S/C64H115N3O15/c1-4-7-9-10-24-32-40-53(68)56(80-63(75)48-66)42-34-26-23-29-36-44-61(73)78-51-52(79-62(74)45-37-27-20-18-16-14-12-11-13-15-17-19-21-30-38-46-65)50-77-60(72)43-35-28-22-25-33-41-55(70)58(82-64(76)49-67)47-57(81-59(71)6-3)54(69)39-31-8-5-2/h11-12,48-49,52-58,66-70H,4-10,13-47,50-51,65H2,1-3H3/b12-11-,66-48?,67-49?. The van der Waals surface area contributed by atoms with Crippen molar-refractivity contribution in [2.24, 2.45) is 5.73 Å². The molecule has 0 saturated carbocycles. The van der Waals surface area contributed by atoms with Crippen molar-refractivity contribution in [3.8, 4) is 0 Å². The lowest BCUT2D eigenvalue weighted by Crippen LogP contribution is -2.40. The monoisotopic (exact) mass is 1170 g/mol. The Morgan fingerprint density at radius 2 is 0.756 bits per heavy atom. The number of ether oxygens (including phenoxy) is 6. The van der Waals surface area contributed by atoms with E-state index in [9.17, 15) is 44.1 Å². The molecular weight excluding hydrogens is 1050 g/mol. The van der Waals surface area contributed by atoms with Crippen LogP contribution in [0, 0.1) is 10.8 Å². The van der Waals surface area contributed by atoms with Crippen molar-refractivity contribution in [1.82, 2.24) is 0 Å². The third-order valence-electron chi connectivity index (χ3n) is 14.7. The minimum absolute atomic E-state index is 0.0885. The van der Waals surface area contributed by atoms with Gasteiger partial charge in [-0.3, -0.25) is 19.2 Å². The number of carbonyl (C=O) groups is 6. The molecular formula is C64H115N3O15. The molecule has 0 aliphatic carbocycles. The van der Waals surface area contributed by atoms with E-state index in [2.05, 4.69) is 19.1 Å². The molecule has 0 aromatic rings. The molecule has 0 aliphatic rings. The fourth-order valence-electron chi connectivity index (χ4n) is 9.63. The van der Waals surface area contributed by atoms with Crippen molar-refractivity contribution >= 4 is 48.2 Å². The Hall–Kier alpha value is -4.26. The van der Waals surface area contributed by atoms with Gasteiger partial charge in [0.25, 0.3) is 0 Å². The second-order valence-electron chi connectivity index (χ2n) is 22.2. The predicted molar refractivity (Wildman–Crippen MR) is 322 cm³/mol. The van der Waals surface area contributed by atoms with Gasteiger partial charge < -0.3 is 60.3 Å². The highest BCUT2D eigenvalue weighted by Crippen LogP contribution is 2.23. The van der Waals surface area contributed by atoms with Crippen LogP contribution in [0.2, 0.25) is 0 Å². The average Bonchev–Trinajstić information content (AvgIpc) is 3.48. The molecule has 18 heteroatoms. The van der Waals surface area contributed by atoms with E-state index in [1.807, 2.05) is 6.92 Å². The number of esters is 6. The smallest absolute Gasteiger partial charge is 0.349 e. The van der Waals surface area contributed by atoms with Gasteiger partial charge in [-0.2, -0.15) is 0 Å². The van der Waals surface area contributed by atoms with Gasteiger partial charge in [-0.25, -0.2) is 9.59 Å². The second-order valence-corrected chi connectivity index (χ2v) is 22.2. The first-order chi connectivity index (χ1) is 39.7. The van der Waals surface area contributed by atoms with Crippen LogP contribution in [0.1, 0.15) is 284 Å². The summed E-state index contributed by atoms with van der Waals surface area (Å²) in [6.07, 6.45) is 31.2. The number of nitrogens with one attached hydrogen (secondary N) is 2. The number of hydrogen-bond donors (Lipinski definition) is 6. The van der Waals surface area contributed by atoms with Crippen LogP contribution in [0.3, 0.4) is 0 Å². The Balaban J connectivity index is 5.12. The Labute approximate surface area is 494 Å².